The van der Waals surface area contributed by atoms with Crippen molar-refractivity contribution in [1.82, 2.24) is 9.97 Å². The third kappa shape index (κ3) is 4.42. The van der Waals surface area contributed by atoms with Crippen LogP contribution in [0.4, 0.5) is 20.2 Å². The molecule has 0 unspecified atom stereocenters. The van der Waals surface area contributed by atoms with Gasteiger partial charge >= 0.3 is 0 Å². The van der Waals surface area contributed by atoms with E-state index in [4.69, 9.17) is 0 Å². The molecule has 0 atom stereocenters. The smallest absolute Gasteiger partial charge is 0.261 e. The van der Waals surface area contributed by atoms with Crippen molar-refractivity contribution >= 4 is 54.3 Å². The summed E-state index contributed by atoms with van der Waals surface area (Å²) in [7, 11) is -3.81. The standard InChI is InChI=1S/C20H19BrF2N4O3S/c1-2-7-31(29,30)27-14-6-5-13(22)15(17(14)23)20(28)25-11-8-12-16(21)18(10-3-4-10)26-19(12)24-9-11/h5-6,8-10,27H,2-4,7H2,1H3,(H,24,26)(H,25,28). The molecule has 1 fully saturated rings. The molecule has 3 N–H and O–H groups in total. The highest BCUT2D eigenvalue weighted by atomic mass is 79.9. The Morgan fingerprint density at radius 1 is 1.32 bits per heavy atom. The number of aromatic amines is 1. The van der Waals surface area contributed by atoms with Crippen LogP contribution in [0.5, 0.6) is 0 Å². The predicted octanol–water partition coefficient (Wildman–Crippen LogP) is 4.89. The van der Waals surface area contributed by atoms with Gasteiger partial charge in [-0.25, -0.2) is 22.2 Å². The number of carbonyl (C=O) groups is 1. The highest BCUT2D eigenvalue weighted by Gasteiger charge is 2.29. The number of rotatable bonds is 7. The SMILES string of the molecule is CCCS(=O)(=O)Nc1ccc(F)c(C(=O)Nc2cnc3[nH]c(C4CC4)c(Br)c3c2)c1F. The molecule has 31 heavy (non-hydrogen) atoms. The summed E-state index contributed by atoms with van der Waals surface area (Å²) < 4.78 is 55.9. The van der Waals surface area contributed by atoms with Crippen LogP contribution in [0.25, 0.3) is 11.0 Å². The number of aromatic nitrogens is 2. The van der Waals surface area contributed by atoms with E-state index >= 15 is 0 Å². The van der Waals surface area contributed by atoms with E-state index in [1.165, 1.54) is 6.20 Å². The normalized spacial score (nSPS) is 14.1. The van der Waals surface area contributed by atoms with E-state index in [-0.39, 0.29) is 11.4 Å². The van der Waals surface area contributed by atoms with Gasteiger partial charge in [0, 0.05) is 21.5 Å². The summed E-state index contributed by atoms with van der Waals surface area (Å²) in [6.07, 6.45) is 3.87. The van der Waals surface area contributed by atoms with Crippen LogP contribution >= 0.6 is 15.9 Å². The largest absolute Gasteiger partial charge is 0.342 e. The van der Waals surface area contributed by atoms with Crippen LogP contribution < -0.4 is 10.0 Å². The Bertz CT molecular complexity index is 1290. The summed E-state index contributed by atoms with van der Waals surface area (Å²) >= 11 is 3.54. The van der Waals surface area contributed by atoms with Gasteiger partial charge in [-0.3, -0.25) is 9.52 Å². The Morgan fingerprint density at radius 3 is 2.74 bits per heavy atom. The van der Waals surface area contributed by atoms with Gasteiger partial charge in [0.15, 0.2) is 5.82 Å². The van der Waals surface area contributed by atoms with Crippen molar-refractivity contribution in [3.05, 3.63) is 51.8 Å². The fourth-order valence-electron chi connectivity index (χ4n) is 3.30. The van der Waals surface area contributed by atoms with E-state index in [0.717, 1.165) is 40.5 Å². The van der Waals surface area contributed by atoms with Crippen molar-refractivity contribution < 1.29 is 22.0 Å². The number of anilines is 2. The Hall–Kier alpha value is -2.53. The maximum absolute atomic E-state index is 14.8. The molecule has 1 aromatic carbocycles. The number of sulfonamides is 1. The summed E-state index contributed by atoms with van der Waals surface area (Å²) in [5.74, 6) is -3.23. The maximum Gasteiger partial charge on any atom is 0.261 e. The van der Waals surface area contributed by atoms with Gasteiger partial charge in [0.05, 0.1) is 23.3 Å². The van der Waals surface area contributed by atoms with Crippen molar-refractivity contribution in [1.29, 1.82) is 0 Å². The molecule has 2 aromatic heterocycles. The number of carbonyl (C=O) groups excluding carboxylic acids is 1. The third-order valence-electron chi connectivity index (χ3n) is 4.91. The van der Waals surface area contributed by atoms with Crippen molar-refractivity contribution in [3.8, 4) is 0 Å². The van der Waals surface area contributed by atoms with Gasteiger partial charge in [-0.2, -0.15) is 0 Å². The minimum atomic E-state index is -3.81. The van der Waals surface area contributed by atoms with E-state index in [1.807, 2.05) is 0 Å². The summed E-state index contributed by atoms with van der Waals surface area (Å²) in [4.78, 5) is 20.1. The van der Waals surface area contributed by atoms with Crippen LogP contribution in [-0.2, 0) is 10.0 Å². The molecule has 3 aromatic rings. The van der Waals surface area contributed by atoms with E-state index < -0.39 is 38.8 Å². The molecule has 1 aliphatic carbocycles. The second-order valence-corrected chi connectivity index (χ2v) is 10.0. The van der Waals surface area contributed by atoms with E-state index in [1.54, 1.807) is 13.0 Å². The molecular weight excluding hydrogens is 494 g/mol. The molecule has 7 nitrogen and oxygen atoms in total. The summed E-state index contributed by atoms with van der Waals surface area (Å²) in [6.45, 7) is 1.65. The Morgan fingerprint density at radius 2 is 2.06 bits per heavy atom. The first-order chi connectivity index (χ1) is 14.7. The zero-order valence-corrected chi connectivity index (χ0v) is 18.8. The lowest BCUT2D eigenvalue weighted by atomic mass is 10.1. The molecule has 0 saturated heterocycles. The number of nitrogens with zero attached hydrogens (tertiary/aromatic N) is 1. The van der Waals surface area contributed by atoms with E-state index in [0.29, 0.717) is 18.0 Å². The van der Waals surface area contributed by atoms with Gasteiger partial charge in [-0.1, -0.05) is 6.92 Å². The fourth-order valence-corrected chi connectivity index (χ4v) is 5.16. The number of hydrogen-bond donors (Lipinski definition) is 3. The molecule has 1 saturated carbocycles. The van der Waals surface area contributed by atoms with Crippen LogP contribution in [0.15, 0.2) is 28.9 Å². The molecule has 1 amide bonds. The maximum atomic E-state index is 14.8. The monoisotopic (exact) mass is 512 g/mol. The highest BCUT2D eigenvalue weighted by molar-refractivity contribution is 9.10. The van der Waals surface area contributed by atoms with E-state index in [2.05, 4.69) is 35.9 Å². The zero-order valence-electron chi connectivity index (χ0n) is 16.4. The van der Waals surface area contributed by atoms with Gasteiger partial charge in [0.1, 0.15) is 17.0 Å². The first kappa shape index (κ1) is 21.7. The Kier molecular flexibility index (Phi) is 5.73. The summed E-state index contributed by atoms with van der Waals surface area (Å²) in [5.41, 5.74) is 0.543. The number of pyridine rings is 1. The van der Waals surface area contributed by atoms with Crippen LogP contribution in [0, 0.1) is 11.6 Å². The van der Waals surface area contributed by atoms with Crippen LogP contribution in [-0.4, -0.2) is 30.0 Å². The minimum absolute atomic E-state index is 0.231. The van der Waals surface area contributed by atoms with Crippen LogP contribution in [0.2, 0.25) is 0 Å². The number of hydrogen-bond acceptors (Lipinski definition) is 4. The minimum Gasteiger partial charge on any atom is -0.342 e. The average Bonchev–Trinajstić information content (AvgIpc) is 3.49. The second kappa shape index (κ2) is 8.19. The molecule has 0 spiro atoms. The zero-order chi connectivity index (χ0) is 22.3. The lowest BCUT2D eigenvalue weighted by Crippen LogP contribution is -2.20. The van der Waals surface area contributed by atoms with Crippen molar-refractivity contribution in [2.45, 2.75) is 32.1 Å². The van der Waals surface area contributed by atoms with Gasteiger partial charge in [0.2, 0.25) is 10.0 Å². The topological polar surface area (TPSA) is 104 Å². The molecule has 2 heterocycles. The van der Waals surface area contributed by atoms with Gasteiger partial charge < -0.3 is 10.3 Å². The number of halogens is 3. The quantitative estimate of drug-likeness (QED) is 0.419. The lowest BCUT2D eigenvalue weighted by molar-refractivity contribution is 0.101. The molecule has 164 valence electrons. The molecular formula is C20H19BrF2N4O3S. The number of amides is 1. The van der Waals surface area contributed by atoms with Crippen molar-refractivity contribution in [3.63, 3.8) is 0 Å². The van der Waals surface area contributed by atoms with Gasteiger partial charge in [-0.05, 0) is 53.4 Å². The molecule has 11 heteroatoms. The number of benzene rings is 1. The number of nitrogens with one attached hydrogen (secondary N) is 3. The predicted molar refractivity (Wildman–Crippen MR) is 118 cm³/mol. The molecule has 0 aliphatic heterocycles. The van der Waals surface area contributed by atoms with Crippen LogP contribution in [0.3, 0.4) is 0 Å². The third-order valence-corrected chi connectivity index (χ3v) is 7.24. The highest BCUT2D eigenvalue weighted by Crippen LogP contribution is 2.45. The second-order valence-electron chi connectivity index (χ2n) is 7.41. The molecule has 0 bridgehead atoms. The Balaban J connectivity index is 1.62. The van der Waals surface area contributed by atoms with Crippen molar-refractivity contribution in [2.24, 2.45) is 0 Å². The van der Waals surface area contributed by atoms with E-state index in [9.17, 15) is 22.0 Å². The molecule has 4 rings (SSSR count). The Labute approximate surface area is 185 Å². The van der Waals surface area contributed by atoms with Gasteiger partial charge in [0.25, 0.3) is 5.91 Å². The molecule has 1 aliphatic rings. The summed E-state index contributed by atoms with van der Waals surface area (Å²) in [6, 6.07) is 3.43. The van der Waals surface area contributed by atoms with Crippen LogP contribution in [0.1, 0.15) is 48.2 Å². The lowest BCUT2D eigenvalue weighted by Gasteiger charge is -2.12. The fraction of sp³-hybridized carbons (Fsp3) is 0.300. The van der Waals surface area contributed by atoms with Gasteiger partial charge in [-0.15, -0.1) is 0 Å². The number of H-pyrrole nitrogens is 1. The first-order valence-corrected chi connectivity index (χ1v) is 12.1. The average molecular weight is 513 g/mol. The van der Waals surface area contributed by atoms with Crippen molar-refractivity contribution in [2.75, 3.05) is 15.8 Å². The first-order valence-electron chi connectivity index (χ1n) is 9.67. The summed E-state index contributed by atoms with van der Waals surface area (Å²) in [5, 5.41) is 3.17. The number of fused-ring (bicyclic) bond motifs is 1. The molecule has 0 radical (unpaired) electrons.